The first kappa shape index (κ1) is 19.3. The Labute approximate surface area is 163 Å². The molecule has 1 radical (unpaired) electrons. The van der Waals surface area contributed by atoms with Crippen molar-refractivity contribution in [3.05, 3.63) is 76.6 Å². The van der Waals surface area contributed by atoms with Crippen LogP contribution in [0.5, 0.6) is 0 Å². The van der Waals surface area contributed by atoms with E-state index < -0.39 is 35.4 Å². The van der Waals surface area contributed by atoms with E-state index in [1.807, 2.05) is 6.07 Å². The fourth-order valence-electron chi connectivity index (χ4n) is 3.01. The number of nitrogens with one attached hydrogen (secondary N) is 3. The molecule has 0 saturated heterocycles. The second-order valence-corrected chi connectivity index (χ2v) is 6.46. The van der Waals surface area contributed by atoms with E-state index in [2.05, 4.69) is 16.0 Å². The second kappa shape index (κ2) is 7.64. The highest BCUT2D eigenvalue weighted by atomic mass is 19.1. The highest BCUT2D eigenvalue weighted by Crippen LogP contribution is 2.29. The lowest BCUT2D eigenvalue weighted by atomic mass is 9.89. The van der Waals surface area contributed by atoms with Gasteiger partial charge in [0.1, 0.15) is 29.4 Å². The zero-order valence-electron chi connectivity index (χ0n) is 15.1. The molecule has 0 spiro atoms. The van der Waals surface area contributed by atoms with Gasteiger partial charge in [0.05, 0.1) is 12.0 Å². The van der Waals surface area contributed by atoms with E-state index in [1.54, 1.807) is 13.0 Å². The van der Waals surface area contributed by atoms with Crippen LogP contribution in [0.25, 0.3) is 0 Å². The fraction of sp³-hybridized carbons (Fsp3) is 0.200. The van der Waals surface area contributed by atoms with E-state index in [0.29, 0.717) is 11.6 Å². The Morgan fingerprint density at radius 1 is 1.32 bits per heavy atom. The first-order valence-electron chi connectivity index (χ1n) is 8.55. The molecule has 3 rings (SSSR count). The van der Waals surface area contributed by atoms with Crippen LogP contribution in [-0.2, 0) is 9.59 Å². The molecular weight excluding hydrogens is 366 g/mol. The Bertz CT molecular complexity index is 986. The van der Waals surface area contributed by atoms with E-state index in [0.717, 1.165) is 12.1 Å². The molecule has 8 heteroatoms. The normalized spacial score (nSPS) is 18.2. The quantitative estimate of drug-likeness (QED) is 0.741. The number of halogens is 2. The van der Waals surface area contributed by atoms with Crippen LogP contribution in [-0.4, -0.2) is 11.8 Å². The maximum atomic E-state index is 13.9. The largest absolute Gasteiger partial charge is 0.353 e. The van der Waals surface area contributed by atoms with Gasteiger partial charge in [-0.1, -0.05) is 6.07 Å². The summed E-state index contributed by atoms with van der Waals surface area (Å²) in [5, 5.41) is 17.3. The third-order valence-corrected chi connectivity index (χ3v) is 4.61. The van der Waals surface area contributed by atoms with Gasteiger partial charge < -0.3 is 16.0 Å². The highest BCUT2D eigenvalue weighted by Gasteiger charge is 2.33. The molecule has 0 fully saturated rings. The number of dihydropyridines is 1. The summed E-state index contributed by atoms with van der Waals surface area (Å²) in [7, 11) is 0. The van der Waals surface area contributed by atoms with Gasteiger partial charge in [-0.2, -0.15) is 5.26 Å². The van der Waals surface area contributed by atoms with Gasteiger partial charge in [0, 0.05) is 31.8 Å². The summed E-state index contributed by atoms with van der Waals surface area (Å²) in [5.41, 5.74) is 1.05. The minimum absolute atomic E-state index is 0. The van der Waals surface area contributed by atoms with Crippen molar-refractivity contribution < 1.29 is 21.2 Å². The Morgan fingerprint density at radius 3 is 2.75 bits per heavy atom. The lowest BCUT2D eigenvalue weighted by Crippen LogP contribution is -2.41. The molecule has 0 unspecified atom stereocenters. The van der Waals surface area contributed by atoms with Gasteiger partial charge in [0.2, 0.25) is 11.8 Å². The zero-order chi connectivity index (χ0) is 20.4. The molecule has 28 heavy (non-hydrogen) atoms. The van der Waals surface area contributed by atoms with Crippen molar-refractivity contribution >= 4 is 11.8 Å². The van der Waals surface area contributed by atoms with Crippen LogP contribution in [0.4, 0.5) is 8.78 Å². The molecule has 0 aliphatic carbocycles. The number of fused-ring (bicyclic) bond motifs is 1. The van der Waals surface area contributed by atoms with Gasteiger partial charge in [0.15, 0.2) is 0 Å². The average molecular weight is 387 g/mol. The number of benzene rings is 1. The second-order valence-electron chi connectivity index (χ2n) is 6.46. The van der Waals surface area contributed by atoms with E-state index in [4.69, 9.17) is 0 Å². The number of nitriles is 1. The minimum atomic E-state index is -0.856. The number of hydrogen-bond acceptors (Lipinski definition) is 4. The summed E-state index contributed by atoms with van der Waals surface area (Å²) >= 11 is 0. The maximum absolute atomic E-state index is 13.9. The molecule has 0 saturated carbocycles. The summed E-state index contributed by atoms with van der Waals surface area (Å²) in [4.78, 5) is 25.0. The summed E-state index contributed by atoms with van der Waals surface area (Å²) < 4.78 is 27.0. The number of hydrogen-bond donors (Lipinski definition) is 3. The van der Waals surface area contributed by atoms with Gasteiger partial charge in [-0.05, 0) is 32.1 Å². The van der Waals surface area contributed by atoms with Crippen LogP contribution >= 0.6 is 0 Å². The number of carbonyl (C=O) groups is 2. The van der Waals surface area contributed by atoms with Crippen molar-refractivity contribution in [2.24, 2.45) is 5.92 Å². The van der Waals surface area contributed by atoms with Crippen molar-refractivity contribution in [2.75, 3.05) is 0 Å². The lowest BCUT2D eigenvalue weighted by Gasteiger charge is -2.28. The lowest BCUT2D eigenvalue weighted by molar-refractivity contribution is -0.126. The van der Waals surface area contributed by atoms with Gasteiger partial charge in [-0.25, -0.2) is 8.78 Å². The summed E-state index contributed by atoms with van der Waals surface area (Å²) in [6.07, 6.45) is 4.65. The molecule has 2 heterocycles. The smallest absolute Gasteiger partial charge is 0.249 e. The summed E-state index contributed by atoms with van der Waals surface area (Å²) in [5.74, 6) is -3.28. The molecule has 2 aliphatic rings. The number of allylic oxidation sites excluding steroid dienone is 1. The Morgan fingerprint density at radius 2 is 2.07 bits per heavy atom. The third-order valence-electron chi connectivity index (χ3n) is 4.61. The predicted molar refractivity (Wildman–Crippen MR) is 101 cm³/mol. The highest BCUT2D eigenvalue weighted by molar-refractivity contribution is 6.03. The Balaban J connectivity index is 0.00000225. The topological polar surface area (TPSA) is 94.0 Å². The minimum Gasteiger partial charge on any atom is -0.353 e. The standard InChI is InChI=1S/C20H17F2N4O2.2H2/c1-10(19(27)25-11(2)13-4-3-12(21)7-16(13)22)14-8-15-17(26-20(14)28)5-6-24-18(15)9-23;;/h3-8,10-11,24H,1-2H3,(H,25,27)(H,26,28);2*1H/t10-,11+;;/m1../s1. The van der Waals surface area contributed by atoms with Gasteiger partial charge in [-0.15, -0.1) is 0 Å². The third kappa shape index (κ3) is 3.64. The van der Waals surface area contributed by atoms with E-state index in [9.17, 15) is 23.6 Å². The molecule has 1 aromatic carbocycles. The number of carbonyl (C=O) groups excluding carboxylic acids is 2. The molecule has 6 nitrogen and oxygen atoms in total. The van der Waals surface area contributed by atoms with Crippen LogP contribution in [0.2, 0.25) is 0 Å². The number of amides is 2. The monoisotopic (exact) mass is 387 g/mol. The zero-order valence-corrected chi connectivity index (χ0v) is 15.1. The maximum Gasteiger partial charge on any atom is 0.249 e. The van der Waals surface area contributed by atoms with Crippen LogP contribution in [0.3, 0.4) is 0 Å². The van der Waals surface area contributed by atoms with Crippen LogP contribution in [0.15, 0.2) is 53.4 Å². The SMILES string of the molecule is C[C@@H](C(=O)N[C@@H](C)c1ccc(F)cc1F)C1=CC2=C(C#N)NC=C[C]2NC1=O.[HH].[HH]. The molecular formula is C20H21F2N4O2. The van der Waals surface area contributed by atoms with Crippen molar-refractivity contribution in [3.63, 3.8) is 0 Å². The van der Waals surface area contributed by atoms with E-state index in [1.165, 1.54) is 25.3 Å². The molecule has 147 valence electrons. The molecule has 1 aromatic rings. The molecule has 0 bridgehead atoms. The molecule has 0 aromatic heterocycles. The summed E-state index contributed by atoms with van der Waals surface area (Å²) in [6, 6.07) is 4.86. The van der Waals surface area contributed by atoms with E-state index in [-0.39, 0.29) is 19.7 Å². The molecule has 2 atom stereocenters. The number of nitrogens with zero attached hydrogens (tertiary/aromatic N) is 1. The van der Waals surface area contributed by atoms with Gasteiger partial charge >= 0.3 is 0 Å². The Hall–Kier alpha value is -3.47. The first-order chi connectivity index (χ1) is 13.3. The fourth-order valence-corrected chi connectivity index (χ4v) is 3.01. The average Bonchev–Trinajstić information content (AvgIpc) is 2.66. The summed E-state index contributed by atoms with van der Waals surface area (Å²) in [6.45, 7) is 3.10. The van der Waals surface area contributed by atoms with Crippen LogP contribution in [0, 0.1) is 34.9 Å². The molecule has 3 N–H and O–H groups in total. The van der Waals surface area contributed by atoms with Crippen molar-refractivity contribution in [1.29, 1.82) is 5.26 Å². The van der Waals surface area contributed by atoms with E-state index >= 15 is 0 Å². The predicted octanol–water partition coefficient (Wildman–Crippen LogP) is 2.75. The van der Waals surface area contributed by atoms with Crippen LogP contribution < -0.4 is 16.0 Å². The molecule has 2 aliphatic heterocycles. The van der Waals surface area contributed by atoms with Gasteiger partial charge in [-0.3, -0.25) is 9.59 Å². The number of rotatable bonds is 4. The van der Waals surface area contributed by atoms with Gasteiger partial charge in [0.25, 0.3) is 0 Å². The molecule has 2 amide bonds. The van der Waals surface area contributed by atoms with Crippen LogP contribution in [0.1, 0.15) is 28.3 Å². The van der Waals surface area contributed by atoms with Crippen molar-refractivity contribution in [3.8, 4) is 6.07 Å². The first-order valence-corrected chi connectivity index (χ1v) is 8.55. The Kier molecular flexibility index (Phi) is 5.27. The van der Waals surface area contributed by atoms with Crippen molar-refractivity contribution in [2.45, 2.75) is 19.9 Å². The van der Waals surface area contributed by atoms with Crippen molar-refractivity contribution in [1.82, 2.24) is 16.0 Å².